The van der Waals surface area contributed by atoms with Crippen LogP contribution in [-0.4, -0.2) is 38.3 Å². The molecule has 20 heavy (non-hydrogen) atoms. The molecule has 0 atom stereocenters. The first-order valence-electron chi connectivity index (χ1n) is 5.60. The Labute approximate surface area is 126 Å². The van der Waals surface area contributed by atoms with Gasteiger partial charge in [0.15, 0.2) is 0 Å². The Morgan fingerprint density at radius 1 is 1.30 bits per heavy atom. The molecule has 2 amide bonds. The van der Waals surface area contributed by atoms with E-state index in [2.05, 4.69) is 15.8 Å². The van der Waals surface area contributed by atoms with Crippen molar-refractivity contribution in [2.75, 3.05) is 20.3 Å². The lowest BCUT2D eigenvalue weighted by atomic mass is 10.2. The van der Waals surface area contributed by atoms with Gasteiger partial charge in [0.2, 0.25) is 0 Å². The van der Waals surface area contributed by atoms with Crippen molar-refractivity contribution in [1.82, 2.24) is 10.7 Å². The highest BCUT2D eigenvalue weighted by Gasteiger charge is 2.11. The van der Waals surface area contributed by atoms with Crippen molar-refractivity contribution in [3.8, 4) is 0 Å². The number of hydrogen-bond donors (Lipinski definition) is 2. The fourth-order valence-electron chi connectivity index (χ4n) is 1.16. The van der Waals surface area contributed by atoms with Gasteiger partial charge in [0.25, 0.3) is 0 Å². The summed E-state index contributed by atoms with van der Waals surface area (Å²) in [6, 6.07) is 4.85. The molecule has 0 spiro atoms. The zero-order valence-electron chi connectivity index (χ0n) is 10.7. The van der Waals surface area contributed by atoms with E-state index < -0.39 is 11.8 Å². The van der Waals surface area contributed by atoms with Gasteiger partial charge in [0.1, 0.15) is 0 Å². The van der Waals surface area contributed by atoms with Crippen molar-refractivity contribution in [3.05, 3.63) is 33.8 Å². The van der Waals surface area contributed by atoms with Crippen LogP contribution in [0.4, 0.5) is 0 Å². The molecule has 0 heterocycles. The van der Waals surface area contributed by atoms with Crippen molar-refractivity contribution in [1.29, 1.82) is 0 Å². The summed E-state index contributed by atoms with van der Waals surface area (Å²) < 4.78 is 4.73. The van der Waals surface area contributed by atoms with Crippen molar-refractivity contribution in [2.45, 2.75) is 0 Å². The van der Waals surface area contributed by atoms with Crippen LogP contribution in [0.1, 0.15) is 5.56 Å². The van der Waals surface area contributed by atoms with Crippen LogP contribution in [0.2, 0.25) is 10.0 Å². The average Bonchev–Trinajstić information content (AvgIpc) is 2.42. The van der Waals surface area contributed by atoms with E-state index in [1.165, 1.54) is 13.3 Å². The summed E-state index contributed by atoms with van der Waals surface area (Å²) in [7, 11) is 1.49. The molecule has 8 heteroatoms. The summed E-state index contributed by atoms with van der Waals surface area (Å²) in [6.45, 7) is 0.574. The van der Waals surface area contributed by atoms with Crippen LogP contribution >= 0.6 is 23.2 Å². The lowest BCUT2D eigenvalue weighted by Gasteiger charge is -2.02. The van der Waals surface area contributed by atoms with E-state index >= 15 is 0 Å². The first kappa shape index (κ1) is 16.4. The fourth-order valence-corrected chi connectivity index (χ4v) is 1.46. The molecular weight excluding hydrogens is 305 g/mol. The summed E-state index contributed by atoms with van der Waals surface area (Å²) in [6.07, 6.45) is 1.35. The van der Waals surface area contributed by atoms with Crippen molar-refractivity contribution >= 4 is 41.2 Å². The zero-order chi connectivity index (χ0) is 15.0. The number of amides is 2. The minimum atomic E-state index is -0.864. The maximum Gasteiger partial charge on any atom is 0.329 e. The number of nitrogens with zero attached hydrogens (tertiary/aromatic N) is 1. The molecule has 0 fully saturated rings. The predicted octanol–water partition coefficient (Wildman–Crippen LogP) is 1.21. The van der Waals surface area contributed by atoms with Gasteiger partial charge in [0, 0.05) is 13.7 Å². The fraction of sp³-hybridized carbons (Fsp3) is 0.250. The highest BCUT2D eigenvalue weighted by Crippen LogP contribution is 2.21. The summed E-state index contributed by atoms with van der Waals surface area (Å²) in [5, 5.41) is 6.80. The number of nitrogens with one attached hydrogen (secondary N) is 2. The first-order valence-corrected chi connectivity index (χ1v) is 6.35. The van der Waals surface area contributed by atoms with E-state index in [-0.39, 0.29) is 6.54 Å². The lowest BCUT2D eigenvalue weighted by molar-refractivity contribution is -0.139. The molecule has 1 aromatic rings. The second-order valence-corrected chi connectivity index (χ2v) is 4.44. The van der Waals surface area contributed by atoms with Gasteiger partial charge in [-0.25, -0.2) is 5.43 Å². The van der Waals surface area contributed by atoms with Crippen LogP contribution in [-0.2, 0) is 14.3 Å². The number of rotatable bonds is 5. The standard InChI is InChI=1S/C12H13Cl2N3O3/c1-20-5-4-15-11(18)12(19)17-16-7-8-2-3-9(13)10(14)6-8/h2-3,6-7H,4-5H2,1H3,(H,15,18)(H,17,19)/b16-7-. The van der Waals surface area contributed by atoms with Crippen LogP contribution in [0.3, 0.4) is 0 Å². The average molecular weight is 318 g/mol. The van der Waals surface area contributed by atoms with Crippen LogP contribution in [0.25, 0.3) is 0 Å². The van der Waals surface area contributed by atoms with Crippen molar-refractivity contribution < 1.29 is 14.3 Å². The third-order valence-electron chi connectivity index (χ3n) is 2.12. The molecule has 108 valence electrons. The highest BCUT2D eigenvalue weighted by molar-refractivity contribution is 6.42. The van der Waals surface area contributed by atoms with Gasteiger partial charge >= 0.3 is 11.8 Å². The number of halogens is 2. The maximum absolute atomic E-state index is 11.3. The molecule has 1 aromatic carbocycles. The van der Waals surface area contributed by atoms with Gasteiger partial charge in [-0.05, 0) is 17.7 Å². The highest BCUT2D eigenvalue weighted by atomic mass is 35.5. The molecule has 0 saturated carbocycles. The second-order valence-electron chi connectivity index (χ2n) is 3.62. The van der Waals surface area contributed by atoms with Crippen molar-refractivity contribution in [3.63, 3.8) is 0 Å². The Morgan fingerprint density at radius 2 is 2.05 bits per heavy atom. The summed E-state index contributed by atoms with van der Waals surface area (Å²) in [4.78, 5) is 22.6. The largest absolute Gasteiger partial charge is 0.383 e. The number of methoxy groups -OCH3 is 1. The number of hydrazone groups is 1. The van der Waals surface area contributed by atoms with Gasteiger partial charge in [0.05, 0.1) is 22.9 Å². The molecule has 1 rings (SSSR count). The molecule has 0 aliphatic heterocycles. The molecule has 0 aliphatic rings. The van der Waals surface area contributed by atoms with Gasteiger partial charge in [-0.1, -0.05) is 29.3 Å². The Balaban J connectivity index is 2.45. The normalized spacial score (nSPS) is 10.6. The van der Waals surface area contributed by atoms with E-state index in [0.717, 1.165) is 0 Å². The van der Waals surface area contributed by atoms with Gasteiger partial charge in [-0.2, -0.15) is 5.10 Å². The number of carbonyl (C=O) groups is 2. The quantitative estimate of drug-likeness (QED) is 0.371. The van der Waals surface area contributed by atoms with Crippen LogP contribution in [0, 0.1) is 0 Å². The van der Waals surface area contributed by atoms with Crippen LogP contribution in [0.5, 0.6) is 0 Å². The SMILES string of the molecule is COCCNC(=O)C(=O)N/N=C\c1ccc(Cl)c(Cl)c1. The minimum Gasteiger partial charge on any atom is -0.383 e. The molecule has 0 unspecified atom stereocenters. The molecule has 0 radical (unpaired) electrons. The summed E-state index contributed by atoms with van der Waals surface area (Å²) in [5.41, 5.74) is 2.73. The molecule has 6 nitrogen and oxygen atoms in total. The smallest absolute Gasteiger partial charge is 0.329 e. The number of ether oxygens (including phenoxy) is 1. The molecular formula is C12H13Cl2N3O3. The molecule has 0 bridgehead atoms. The number of hydrogen-bond acceptors (Lipinski definition) is 4. The third-order valence-corrected chi connectivity index (χ3v) is 2.86. The van der Waals surface area contributed by atoms with Crippen LogP contribution < -0.4 is 10.7 Å². The summed E-state index contributed by atoms with van der Waals surface area (Å²) in [5.74, 6) is -1.65. The van der Waals surface area contributed by atoms with Crippen molar-refractivity contribution in [2.24, 2.45) is 5.10 Å². The summed E-state index contributed by atoms with van der Waals surface area (Å²) >= 11 is 11.6. The van der Waals surface area contributed by atoms with Gasteiger partial charge in [-0.3, -0.25) is 9.59 Å². The molecule has 0 aromatic heterocycles. The van der Waals surface area contributed by atoms with E-state index in [0.29, 0.717) is 22.2 Å². The Hall–Kier alpha value is -1.63. The maximum atomic E-state index is 11.3. The van der Waals surface area contributed by atoms with Gasteiger partial charge < -0.3 is 10.1 Å². The van der Waals surface area contributed by atoms with E-state index in [4.69, 9.17) is 27.9 Å². The molecule has 0 saturated heterocycles. The molecule has 0 aliphatic carbocycles. The van der Waals surface area contributed by atoms with E-state index in [1.54, 1.807) is 18.2 Å². The first-order chi connectivity index (χ1) is 9.54. The topological polar surface area (TPSA) is 79.8 Å². The Kier molecular flexibility index (Phi) is 7.00. The Bertz CT molecular complexity index is 521. The Morgan fingerprint density at radius 3 is 2.70 bits per heavy atom. The van der Waals surface area contributed by atoms with Gasteiger partial charge in [-0.15, -0.1) is 0 Å². The van der Waals surface area contributed by atoms with Crippen LogP contribution in [0.15, 0.2) is 23.3 Å². The van der Waals surface area contributed by atoms with E-state index in [1.807, 2.05) is 0 Å². The van der Waals surface area contributed by atoms with E-state index in [9.17, 15) is 9.59 Å². The lowest BCUT2D eigenvalue weighted by Crippen LogP contribution is -2.39. The third kappa shape index (κ3) is 5.56. The minimum absolute atomic E-state index is 0.249. The monoisotopic (exact) mass is 317 g/mol. The number of benzene rings is 1. The zero-order valence-corrected chi connectivity index (χ0v) is 12.2. The second kappa shape index (κ2) is 8.52. The predicted molar refractivity (Wildman–Crippen MR) is 77.1 cm³/mol. The molecule has 2 N–H and O–H groups in total. The number of carbonyl (C=O) groups excluding carboxylic acids is 2.